The first-order valence-electron chi connectivity index (χ1n) is 5.53. The van der Waals surface area contributed by atoms with Gasteiger partial charge in [-0.2, -0.15) is 0 Å². The summed E-state index contributed by atoms with van der Waals surface area (Å²) in [7, 11) is 0. The molecule has 0 radical (unpaired) electrons. The monoisotopic (exact) mass is 244 g/mol. The highest BCUT2D eigenvalue weighted by molar-refractivity contribution is 5.44. The molecule has 0 saturated heterocycles. The molecule has 0 aliphatic heterocycles. The van der Waals surface area contributed by atoms with Crippen molar-refractivity contribution in [2.45, 2.75) is 13.8 Å². The normalized spacial score (nSPS) is 9.22. The Morgan fingerprint density at radius 3 is 1.94 bits per heavy atom. The minimum Gasteiger partial charge on any atom is -0.399 e. The van der Waals surface area contributed by atoms with E-state index in [1.807, 2.05) is 38.1 Å². The van der Waals surface area contributed by atoms with Gasteiger partial charge in [0.05, 0.1) is 4.92 Å². The fourth-order valence-corrected chi connectivity index (χ4v) is 1.25. The Labute approximate surface area is 106 Å². The predicted octanol–water partition coefficient (Wildman–Crippen LogP) is 3.48. The van der Waals surface area contributed by atoms with Crippen LogP contribution in [0.25, 0.3) is 0 Å². The Morgan fingerprint density at radius 1 is 1.00 bits per heavy atom. The first-order valence-corrected chi connectivity index (χ1v) is 5.53. The number of nitro benzene ring substituents is 1. The number of hydrogen-bond donors (Lipinski definition) is 1. The number of benzene rings is 2. The summed E-state index contributed by atoms with van der Waals surface area (Å²) in [5.74, 6) is 0. The molecule has 94 valence electrons. The molecule has 2 aromatic carbocycles. The average Bonchev–Trinajstić information content (AvgIpc) is 2.34. The molecule has 18 heavy (non-hydrogen) atoms. The zero-order chi connectivity index (χ0) is 13.5. The van der Waals surface area contributed by atoms with Gasteiger partial charge in [-0.25, -0.2) is 0 Å². The van der Waals surface area contributed by atoms with Gasteiger partial charge in [0.15, 0.2) is 0 Å². The lowest BCUT2D eigenvalue weighted by atomic mass is 10.2. The highest BCUT2D eigenvalue weighted by Gasteiger charge is 2.00. The molecule has 4 heteroatoms. The fraction of sp³-hybridized carbons (Fsp3) is 0.143. The van der Waals surface area contributed by atoms with Gasteiger partial charge in [0.2, 0.25) is 0 Å². The van der Waals surface area contributed by atoms with E-state index in [-0.39, 0.29) is 5.69 Å². The van der Waals surface area contributed by atoms with Crippen molar-refractivity contribution in [2.24, 2.45) is 0 Å². The van der Waals surface area contributed by atoms with Gasteiger partial charge in [-0.15, -0.1) is 0 Å². The van der Waals surface area contributed by atoms with Crippen molar-refractivity contribution in [1.29, 1.82) is 0 Å². The second kappa shape index (κ2) is 6.39. The van der Waals surface area contributed by atoms with E-state index in [1.165, 1.54) is 12.1 Å². The summed E-state index contributed by atoms with van der Waals surface area (Å²) in [6.07, 6.45) is 0. The van der Waals surface area contributed by atoms with E-state index >= 15 is 0 Å². The first kappa shape index (κ1) is 13.7. The molecule has 4 nitrogen and oxygen atoms in total. The second-order valence-corrected chi connectivity index (χ2v) is 3.95. The predicted molar refractivity (Wildman–Crippen MR) is 73.4 cm³/mol. The van der Waals surface area contributed by atoms with Crippen molar-refractivity contribution in [1.82, 2.24) is 0 Å². The molecule has 2 aromatic rings. The smallest absolute Gasteiger partial charge is 0.269 e. The van der Waals surface area contributed by atoms with Crippen LogP contribution in [0.2, 0.25) is 0 Å². The molecule has 0 aliphatic carbocycles. The molecule has 0 aliphatic rings. The maximum absolute atomic E-state index is 10.1. The number of para-hydroxylation sites is 1. The van der Waals surface area contributed by atoms with E-state index in [0.29, 0.717) is 0 Å². The van der Waals surface area contributed by atoms with Crippen LogP contribution in [0.4, 0.5) is 11.4 Å². The SMILES string of the molecule is Cc1ccc([N+](=O)[O-])cc1.Cc1ccccc1N. The van der Waals surface area contributed by atoms with E-state index in [9.17, 15) is 10.1 Å². The standard InChI is InChI=1S/C7H7NO2.C7H9N/c1-6-2-4-7(5-3-6)8(9)10;1-6-4-2-3-5-7(6)8/h2-5H,1H3;2-5H,8H2,1H3. The summed E-state index contributed by atoms with van der Waals surface area (Å²) < 4.78 is 0. The van der Waals surface area contributed by atoms with Gasteiger partial charge >= 0.3 is 0 Å². The lowest BCUT2D eigenvalue weighted by Crippen LogP contribution is -1.86. The fourth-order valence-electron chi connectivity index (χ4n) is 1.25. The van der Waals surface area contributed by atoms with E-state index in [2.05, 4.69) is 0 Å². The van der Waals surface area contributed by atoms with E-state index < -0.39 is 4.92 Å². The van der Waals surface area contributed by atoms with Crippen molar-refractivity contribution in [3.63, 3.8) is 0 Å². The van der Waals surface area contributed by atoms with Gasteiger partial charge in [-0.05, 0) is 25.5 Å². The van der Waals surface area contributed by atoms with Gasteiger partial charge in [-0.1, -0.05) is 35.9 Å². The van der Waals surface area contributed by atoms with Gasteiger partial charge in [0, 0.05) is 17.8 Å². The van der Waals surface area contributed by atoms with Crippen molar-refractivity contribution in [3.8, 4) is 0 Å². The number of nitro groups is 1. The van der Waals surface area contributed by atoms with Crippen LogP contribution >= 0.6 is 0 Å². The zero-order valence-corrected chi connectivity index (χ0v) is 10.5. The molecule has 0 spiro atoms. The Balaban J connectivity index is 0.000000184. The highest BCUT2D eigenvalue weighted by atomic mass is 16.6. The quantitative estimate of drug-likeness (QED) is 0.474. The number of nitrogens with two attached hydrogens (primary N) is 1. The Bertz CT molecular complexity index is 501. The Hall–Kier alpha value is -2.36. The summed E-state index contributed by atoms with van der Waals surface area (Å²) in [6, 6.07) is 14.2. The van der Waals surface area contributed by atoms with Crippen LogP contribution in [0.15, 0.2) is 48.5 Å². The molecule has 0 bridgehead atoms. The van der Waals surface area contributed by atoms with Crippen molar-refractivity contribution in [2.75, 3.05) is 5.73 Å². The number of nitrogens with zero attached hydrogens (tertiary/aromatic N) is 1. The molecule has 2 N–H and O–H groups in total. The third kappa shape index (κ3) is 4.25. The lowest BCUT2D eigenvalue weighted by Gasteiger charge is -1.93. The largest absolute Gasteiger partial charge is 0.399 e. The van der Waals surface area contributed by atoms with Crippen LogP contribution in [0.1, 0.15) is 11.1 Å². The van der Waals surface area contributed by atoms with Crippen LogP contribution in [-0.4, -0.2) is 4.92 Å². The maximum atomic E-state index is 10.1. The first-order chi connectivity index (χ1) is 8.50. The summed E-state index contributed by atoms with van der Waals surface area (Å²) in [5, 5.41) is 10.1. The number of aryl methyl sites for hydroxylation is 2. The molecular weight excluding hydrogens is 228 g/mol. The third-order valence-electron chi connectivity index (χ3n) is 2.43. The van der Waals surface area contributed by atoms with Crippen molar-refractivity contribution >= 4 is 11.4 Å². The molecule has 0 heterocycles. The van der Waals surface area contributed by atoms with Crippen LogP contribution in [0, 0.1) is 24.0 Å². The van der Waals surface area contributed by atoms with Gasteiger partial charge < -0.3 is 5.73 Å². The van der Waals surface area contributed by atoms with E-state index in [0.717, 1.165) is 16.8 Å². The molecule has 0 saturated carbocycles. The topological polar surface area (TPSA) is 69.2 Å². The van der Waals surface area contributed by atoms with E-state index in [1.54, 1.807) is 12.1 Å². The van der Waals surface area contributed by atoms with E-state index in [4.69, 9.17) is 5.73 Å². The lowest BCUT2D eigenvalue weighted by molar-refractivity contribution is -0.384. The molecule has 0 aromatic heterocycles. The number of nitrogen functional groups attached to an aromatic ring is 1. The number of hydrogen-bond acceptors (Lipinski definition) is 3. The minimum atomic E-state index is -0.403. The molecule has 2 rings (SSSR count). The van der Waals surface area contributed by atoms with Crippen molar-refractivity contribution < 1.29 is 4.92 Å². The molecular formula is C14H16N2O2. The minimum absolute atomic E-state index is 0.144. The summed E-state index contributed by atoms with van der Waals surface area (Å²) in [4.78, 5) is 9.71. The molecule has 0 atom stereocenters. The average molecular weight is 244 g/mol. The zero-order valence-electron chi connectivity index (χ0n) is 10.5. The van der Waals surface area contributed by atoms with Crippen molar-refractivity contribution in [3.05, 3.63) is 69.8 Å². The van der Waals surface area contributed by atoms with Gasteiger partial charge in [0.1, 0.15) is 0 Å². The molecule has 0 amide bonds. The maximum Gasteiger partial charge on any atom is 0.269 e. The summed E-state index contributed by atoms with van der Waals surface area (Å²) in [6.45, 7) is 3.89. The van der Waals surface area contributed by atoms with Gasteiger partial charge in [-0.3, -0.25) is 10.1 Å². The van der Waals surface area contributed by atoms with Crippen LogP contribution in [0.3, 0.4) is 0 Å². The third-order valence-corrected chi connectivity index (χ3v) is 2.43. The van der Waals surface area contributed by atoms with Crippen LogP contribution in [0.5, 0.6) is 0 Å². The van der Waals surface area contributed by atoms with Crippen LogP contribution in [-0.2, 0) is 0 Å². The Kier molecular flexibility index (Phi) is 4.87. The number of non-ortho nitro benzene ring substituents is 1. The van der Waals surface area contributed by atoms with Crippen LogP contribution < -0.4 is 5.73 Å². The second-order valence-electron chi connectivity index (χ2n) is 3.95. The number of anilines is 1. The number of rotatable bonds is 1. The Morgan fingerprint density at radius 2 is 1.56 bits per heavy atom. The highest BCUT2D eigenvalue weighted by Crippen LogP contribution is 2.10. The molecule has 0 fully saturated rings. The van der Waals surface area contributed by atoms with Gasteiger partial charge in [0.25, 0.3) is 5.69 Å². The molecule has 0 unspecified atom stereocenters. The summed E-state index contributed by atoms with van der Waals surface area (Å²) >= 11 is 0. The summed E-state index contributed by atoms with van der Waals surface area (Å²) in [5.41, 5.74) is 8.71.